The molecule has 3 aromatic rings. The van der Waals surface area contributed by atoms with E-state index in [0.29, 0.717) is 22.6 Å². The summed E-state index contributed by atoms with van der Waals surface area (Å²) < 4.78 is 10.5. The maximum atomic E-state index is 13.1. The predicted octanol–water partition coefficient (Wildman–Crippen LogP) is 4.60. The summed E-state index contributed by atoms with van der Waals surface area (Å²) in [6, 6.07) is 22.6. The van der Waals surface area contributed by atoms with Gasteiger partial charge in [0.05, 0.1) is 14.2 Å². The minimum Gasteiger partial charge on any atom is -0.497 e. The van der Waals surface area contributed by atoms with E-state index in [4.69, 9.17) is 9.47 Å². The van der Waals surface area contributed by atoms with Crippen LogP contribution in [0, 0.1) is 0 Å². The predicted molar refractivity (Wildman–Crippen MR) is 94.9 cm³/mol. The quantitative estimate of drug-likeness (QED) is 0.645. The Labute approximate surface area is 141 Å². The van der Waals surface area contributed by atoms with Gasteiger partial charge in [-0.15, -0.1) is 0 Å². The van der Waals surface area contributed by atoms with Crippen molar-refractivity contribution in [2.45, 2.75) is 0 Å². The zero-order valence-electron chi connectivity index (χ0n) is 13.7. The van der Waals surface area contributed by atoms with E-state index < -0.39 is 0 Å². The summed E-state index contributed by atoms with van der Waals surface area (Å²) in [4.78, 5) is 13.1. The van der Waals surface area contributed by atoms with Crippen LogP contribution in [0.4, 0.5) is 0 Å². The largest absolute Gasteiger partial charge is 0.497 e. The zero-order chi connectivity index (χ0) is 16.9. The highest BCUT2D eigenvalue weighted by atomic mass is 16.5. The van der Waals surface area contributed by atoms with E-state index in [-0.39, 0.29) is 5.78 Å². The van der Waals surface area contributed by atoms with Crippen molar-refractivity contribution in [2.75, 3.05) is 14.2 Å². The van der Waals surface area contributed by atoms with Gasteiger partial charge in [-0.2, -0.15) is 0 Å². The number of rotatable bonds is 5. The second-order valence-corrected chi connectivity index (χ2v) is 5.34. The third kappa shape index (κ3) is 3.15. The minimum absolute atomic E-state index is 0.0633. The van der Waals surface area contributed by atoms with Gasteiger partial charge < -0.3 is 9.47 Å². The molecule has 0 bridgehead atoms. The second-order valence-electron chi connectivity index (χ2n) is 5.34. The van der Waals surface area contributed by atoms with Gasteiger partial charge in [0.15, 0.2) is 5.78 Å². The van der Waals surface area contributed by atoms with Gasteiger partial charge in [-0.05, 0) is 41.5 Å². The van der Waals surface area contributed by atoms with E-state index >= 15 is 0 Å². The van der Waals surface area contributed by atoms with Crippen molar-refractivity contribution < 1.29 is 14.3 Å². The highest BCUT2D eigenvalue weighted by Gasteiger charge is 2.16. The molecule has 0 aliphatic carbocycles. The molecular weight excluding hydrogens is 300 g/mol. The van der Waals surface area contributed by atoms with Crippen LogP contribution in [0.15, 0.2) is 72.8 Å². The summed E-state index contributed by atoms with van der Waals surface area (Å²) in [5.74, 6) is 1.25. The molecule has 3 heteroatoms. The van der Waals surface area contributed by atoms with Crippen LogP contribution in [-0.4, -0.2) is 20.0 Å². The Morgan fingerprint density at radius 1 is 0.750 bits per heavy atom. The Morgan fingerprint density at radius 2 is 1.46 bits per heavy atom. The number of benzene rings is 3. The van der Waals surface area contributed by atoms with Gasteiger partial charge in [-0.3, -0.25) is 4.79 Å². The first-order chi connectivity index (χ1) is 11.7. The third-order valence-corrected chi connectivity index (χ3v) is 3.89. The molecule has 0 aromatic heterocycles. The highest BCUT2D eigenvalue weighted by molar-refractivity contribution is 6.13. The van der Waals surface area contributed by atoms with Crippen molar-refractivity contribution in [1.29, 1.82) is 0 Å². The smallest absolute Gasteiger partial charge is 0.193 e. The van der Waals surface area contributed by atoms with E-state index in [2.05, 4.69) is 0 Å². The number of ether oxygens (including phenoxy) is 2. The Morgan fingerprint density at radius 3 is 2.17 bits per heavy atom. The number of methoxy groups -OCH3 is 2. The Bertz CT molecular complexity index is 854. The van der Waals surface area contributed by atoms with Gasteiger partial charge in [0.2, 0.25) is 0 Å². The molecule has 0 spiro atoms. The molecule has 3 rings (SSSR count). The number of carbonyl (C=O) groups excluding carboxylic acids is 1. The molecule has 0 amide bonds. The van der Waals surface area contributed by atoms with E-state index in [1.807, 2.05) is 54.6 Å². The monoisotopic (exact) mass is 318 g/mol. The van der Waals surface area contributed by atoms with Crippen LogP contribution < -0.4 is 9.47 Å². The first-order valence-corrected chi connectivity index (χ1v) is 7.65. The lowest BCUT2D eigenvalue weighted by atomic mass is 9.93. The Hall–Kier alpha value is -3.07. The first-order valence-electron chi connectivity index (χ1n) is 7.65. The number of hydrogen-bond acceptors (Lipinski definition) is 3. The maximum absolute atomic E-state index is 13.1. The first kappa shape index (κ1) is 15.8. The fourth-order valence-corrected chi connectivity index (χ4v) is 2.63. The van der Waals surface area contributed by atoms with Crippen LogP contribution >= 0.6 is 0 Å². The van der Waals surface area contributed by atoms with Crippen molar-refractivity contribution in [3.05, 3.63) is 83.9 Å². The number of ketones is 1. The molecule has 0 heterocycles. The van der Waals surface area contributed by atoms with Crippen LogP contribution in [0.25, 0.3) is 11.1 Å². The van der Waals surface area contributed by atoms with Gasteiger partial charge in [-0.25, -0.2) is 0 Å². The van der Waals surface area contributed by atoms with Gasteiger partial charge >= 0.3 is 0 Å². The van der Waals surface area contributed by atoms with Gasteiger partial charge in [0.25, 0.3) is 0 Å². The maximum Gasteiger partial charge on any atom is 0.193 e. The molecule has 0 unspecified atom stereocenters. The van der Waals surface area contributed by atoms with Crippen LogP contribution in [0.3, 0.4) is 0 Å². The SMILES string of the molecule is COc1cccc(C(=O)c2cc(OC)ccc2-c2ccccc2)c1. The lowest BCUT2D eigenvalue weighted by molar-refractivity contribution is 0.103. The Balaban J connectivity index is 2.12. The topological polar surface area (TPSA) is 35.5 Å². The molecule has 0 N–H and O–H groups in total. The summed E-state index contributed by atoms with van der Waals surface area (Å²) in [6.07, 6.45) is 0. The fraction of sp³-hybridized carbons (Fsp3) is 0.0952. The van der Waals surface area contributed by atoms with Gasteiger partial charge in [0.1, 0.15) is 11.5 Å². The minimum atomic E-state index is -0.0633. The summed E-state index contributed by atoms with van der Waals surface area (Å²) >= 11 is 0. The summed E-state index contributed by atoms with van der Waals surface area (Å²) in [6.45, 7) is 0. The van der Waals surface area contributed by atoms with Crippen LogP contribution in [-0.2, 0) is 0 Å². The second kappa shape index (κ2) is 7.01. The summed E-state index contributed by atoms with van der Waals surface area (Å²) in [5.41, 5.74) is 3.06. The fourth-order valence-electron chi connectivity index (χ4n) is 2.63. The van der Waals surface area contributed by atoms with Crippen LogP contribution in [0.2, 0.25) is 0 Å². The van der Waals surface area contributed by atoms with Crippen molar-refractivity contribution in [3.63, 3.8) is 0 Å². The molecule has 0 aliphatic rings. The van der Waals surface area contributed by atoms with Crippen molar-refractivity contribution in [3.8, 4) is 22.6 Å². The molecular formula is C21H18O3. The van der Waals surface area contributed by atoms with Crippen molar-refractivity contribution >= 4 is 5.78 Å². The van der Waals surface area contributed by atoms with Crippen LogP contribution in [0.1, 0.15) is 15.9 Å². The summed E-state index contributed by atoms with van der Waals surface area (Å²) in [7, 11) is 3.18. The summed E-state index contributed by atoms with van der Waals surface area (Å²) in [5, 5.41) is 0. The van der Waals surface area contributed by atoms with E-state index in [9.17, 15) is 4.79 Å². The number of hydrogen-bond donors (Lipinski definition) is 0. The molecule has 0 saturated heterocycles. The zero-order valence-corrected chi connectivity index (χ0v) is 13.7. The van der Waals surface area contributed by atoms with Gasteiger partial charge in [-0.1, -0.05) is 42.5 Å². The molecule has 24 heavy (non-hydrogen) atoms. The van der Waals surface area contributed by atoms with E-state index in [1.54, 1.807) is 32.4 Å². The van der Waals surface area contributed by atoms with E-state index in [0.717, 1.165) is 11.1 Å². The van der Waals surface area contributed by atoms with Crippen molar-refractivity contribution in [1.82, 2.24) is 0 Å². The molecule has 0 radical (unpaired) electrons. The average molecular weight is 318 g/mol. The normalized spacial score (nSPS) is 10.2. The van der Waals surface area contributed by atoms with Gasteiger partial charge in [0, 0.05) is 11.1 Å². The molecule has 120 valence electrons. The lowest BCUT2D eigenvalue weighted by Crippen LogP contribution is -2.04. The third-order valence-electron chi connectivity index (χ3n) is 3.89. The molecule has 0 saturated carbocycles. The highest BCUT2D eigenvalue weighted by Crippen LogP contribution is 2.29. The van der Waals surface area contributed by atoms with Crippen molar-refractivity contribution in [2.24, 2.45) is 0 Å². The standard InChI is InChI=1S/C21H18O3/c1-23-17-10-6-9-16(13-17)21(22)20-14-18(24-2)11-12-19(20)15-7-4-3-5-8-15/h3-14H,1-2H3. The Kier molecular flexibility index (Phi) is 4.62. The van der Waals surface area contributed by atoms with E-state index in [1.165, 1.54) is 0 Å². The lowest BCUT2D eigenvalue weighted by Gasteiger charge is -2.12. The molecule has 0 atom stereocenters. The molecule has 0 aliphatic heterocycles. The molecule has 3 aromatic carbocycles. The molecule has 0 fully saturated rings. The van der Waals surface area contributed by atoms with Crippen LogP contribution in [0.5, 0.6) is 11.5 Å². The molecule has 3 nitrogen and oxygen atoms in total. The average Bonchev–Trinajstić information content (AvgIpc) is 2.67. The number of carbonyl (C=O) groups is 1.